The number of hydrogen-bond acceptors (Lipinski definition) is 4. The highest BCUT2D eigenvalue weighted by Gasteiger charge is 2.33. The molecule has 3 amide bonds. The largest absolute Gasteiger partial charge is 0.333 e. The van der Waals surface area contributed by atoms with E-state index in [4.69, 9.17) is 5.73 Å². The first-order valence-electron chi connectivity index (χ1n) is 6.75. The van der Waals surface area contributed by atoms with Crippen LogP contribution in [0.3, 0.4) is 0 Å². The molecule has 0 aromatic heterocycles. The van der Waals surface area contributed by atoms with Crippen molar-refractivity contribution in [1.29, 1.82) is 0 Å². The molecule has 0 saturated heterocycles. The third kappa shape index (κ3) is 6.02. The van der Waals surface area contributed by atoms with Gasteiger partial charge in [-0.05, 0) is 46.6 Å². The Kier molecular flexibility index (Phi) is 5.31. The third-order valence-corrected chi connectivity index (χ3v) is 3.11. The number of rotatable bonds is 5. The molecule has 1 atom stereocenters. The lowest BCUT2D eigenvalue weighted by molar-refractivity contribution is -0.121. The highest BCUT2D eigenvalue weighted by atomic mass is 16.2. The molecule has 0 aliphatic heterocycles. The summed E-state index contributed by atoms with van der Waals surface area (Å²) in [6, 6.07) is -0.224. The van der Waals surface area contributed by atoms with Gasteiger partial charge in [-0.3, -0.25) is 15.0 Å². The minimum absolute atomic E-state index is 0.190. The van der Waals surface area contributed by atoms with Gasteiger partial charge in [0.05, 0.1) is 6.54 Å². The number of imide groups is 1. The predicted octanol–water partition coefficient (Wildman–Crippen LogP) is 0.280. The van der Waals surface area contributed by atoms with Crippen LogP contribution in [0.4, 0.5) is 4.79 Å². The first-order valence-corrected chi connectivity index (χ1v) is 6.75. The van der Waals surface area contributed by atoms with Crippen molar-refractivity contribution in [3.05, 3.63) is 0 Å². The Morgan fingerprint density at radius 3 is 2.37 bits per heavy atom. The van der Waals surface area contributed by atoms with Gasteiger partial charge >= 0.3 is 6.03 Å². The molecule has 0 aromatic carbocycles. The van der Waals surface area contributed by atoms with Crippen LogP contribution < -0.4 is 16.4 Å². The van der Waals surface area contributed by atoms with Crippen LogP contribution in [0.15, 0.2) is 0 Å². The van der Waals surface area contributed by atoms with Crippen molar-refractivity contribution in [2.24, 2.45) is 11.7 Å². The first-order chi connectivity index (χ1) is 8.73. The van der Waals surface area contributed by atoms with Gasteiger partial charge in [-0.1, -0.05) is 0 Å². The van der Waals surface area contributed by atoms with E-state index in [0.29, 0.717) is 12.5 Å². The maximum Gasteiger partial charge on any atom is 0.321 e. The van der Waals surface area contributed by atoms with Gasteiger partial charge in [0, 0.05) is 18.1 Å². The molecule has 0 aromatic rings. The smallest absolute Gasteiger partial charge is 0.321 e. The third-order valence-electron chi connectivity index (χ3n) is 3.11. The molecular formula is C13H26N4O2. The molecule has 19 heavy (non-hydrogen) atoms. The summed E-state index contributed by atoms with van der Waals surface area (Å²) in [6.45, 7) is 6.32. The molecule has 1 rings (SSSR count). The SMILES string of the molecule is CN(CC(=O)NC(=O)NC(C)(C)C)C(CN)C1CC1. The van der Waals surface area contributed by atoms with Crippen molar-refractivity contribution in [3.8, 4) is 0 Å². The van der Waals surface area contributed by atoms with Crippen LogP contribution in [0.1, 0.15) is 33.6 Å². The number of hydrogen-bond donors (Lipinski definition) is 3. The van der Waals surface area contributed by atoms with E-state index in [1.54, 1.807) is 0 Å². The Morgan fingerprint density at radius 2 is 1.95 bits per heavy atom. The minimum Gasteiger partial charge on any atom is -0.333 e. The molecule has 110 valence electrons. The fourth-order valence-corrected chi connectivity index (χ4v) is 2.10. The Bertz CT molecular complexity index is 334. The van der Waals surface area contributed by atoms with E-state index in [2.05, 4.69) is 10.6 Å². The quantitative estimate of drug-likeness (QED) is 0.669. The van der Waals surface area contributed by atoms with Gasteiger partial charge in [0.15, 0.2) is 0 Å². The van der Waals surface area contributed by atoms with E-state index in [1.165, 1.54) is 12.8 Å². The monoisotopic (exact) mass is 270 g/mol. The number of urea groups is 1. The minimum atomic E-state index is -0.457. The van der Waals surface area contributed by atoms with Crippen molar-refractivity contribution >= 4 is 11.9 Å². The van der Waals surface area contributed by atoms with Crippen molar-refractivity contribution < 1.29 is 9.59 Å². The second kappa shape index (κ2) is 6.34. The zero-order chi connectivity index (χ0) is 14.6. The molecule has 0 bridgehead atoms. The highest BCUT2D eigenvalue weighted by Crippen LogP contribution is 2.34. The number of carbonyl (C=O) groups is 2. The number of carbonyl (C=O) groups excluding carboxylic acids is 2. The maximum atomic E-state index is 11.8. The van der Waals surface area contributed by atoms with E-state index in [1.807, 2.05) is 32.7 Å². The van der Waals surface area contributed by atoms with E-state index in [9.17, 15) is 9.59 Å². The van der Waals surface area contributed by atoms with Crippen LogP contribution in [-0.2, 0) is 4.79 Å². The van der Waals surface area contributed by atoms with Gasteiger partial charge in [0.1, 0.15) is 0 Å². The Hall–Kier alpha value is -1.14. The highest BCUT2D eigenvalue weighted by molar-refractivity contribution is 5.95. The number of nitrogens with one attached hydrogen (secondary N) is 2. The van der Waals surface area contributed by atoms with E-state index < -0.39 is 6.03 Å². The maximum absolute atomic E-state index is 11.8. The van der Waals surface area contributed by atoms with Crippen molar-refractivity contribution in [3.63, 3.8) is 0 Å². The second-order valence-electron chi connectivity index (χ2n) is 6.31. The summed E-state index contributed by atoms with van der Waals surface area (Å²) in [5, 5.41) is 5.02. The fraction of sp³-hybridized carbons (Fsp3) is 0.846. The summed E-state index contributed by atoms with van der Waals surface area (Å²) in [5.41, 5.74) is 5.37. The second-order valence-corrected chi connectivity index (χ2v) is 6.31. The summed E-state index contributed by atoms with van der Waals surface area (Å²) >= 11 is 0. The number of nitrogens with two attached hydrogens (primary N) is 1. The molecule has 1 fully saturated rings. The molecule has 6 heteroatoms. The van der Waals surface area contributed by atoms with Crippen molar-refractivity contribution in [1.82, 2.24) is 15.5 Å². The molecule has 0 spiro atoms. The van der Waals surface area contributed by atoms with Crippen LogP contribution in [0.5, 0.6) is 0 Å². The van der Waals surface area contributed by atoms with E-state index >= 15 is 0 Å². The summed E-state index contributed by atoms with van der Waals surface area (Å²) in [6.07, 6.45) is 2.36. The molecule has 0 heterocycles. The van der Waals surface area contributed by atoms with Crippen LogP contribution in [-0.4, -0.2) is 48.6 Å². The molecule has 1 aliphatic rings. The van der Waals surface area contributed by atoms with Crippen LogP contribution in [0.25, 0.3) is 0 Å². The van der Waals surface area contributed by atoms with E-state index in [-0.39, 0.29) is 24.0 Å². The Morgan fingerprint density at radius 1 is 1.37 bits per heavy atom. The lowest BCUT2D eigenvalue weighted by Crippen LogP contribution is -2.51. The number of nitrogens with zero attached hydrogens (tertiary/aromatic N) is 1. The van der Waals surface area contributed by atoms with Gasteiger partial charge in [0.25, 0.3) is 0 Å². The average Bonchev–Trinajstić information content (AvgIpc) is 2.98. The van der Waals surface area contributed by atoms with Crippen molar-refractivity contribution in [2.75, 3.05) is 20.1 Å². The van der Waals surface area contributed by atoms with Crippen LogP contribution >= 0.6 is 0 Å². The van der Waals surface area contributed by atoms with Gasteiger partial charge in [-0.15, -0.1) is 0 Å². The molecule has 1 unspecified atom stereocenters. The fourth-order valence-electron chi connectivity index (χ4n) is 2.10. The van der Waals surface area contributed by atoms with Crippen molar-refractivity contribution in [2.45, 2.75) is 45.2 Å². The standard InChI is InChI=1S/C13H26N4O2/c1-13(2,3)16-12(19)15-11(18)8-17(4)10(7-14)9-5-6-9/h9-10H,5-8,14H2,1-4H3,(H2,15,16,18,19). The summed E-state index contributed by atoms with van der Waals surface area (Å²) < 4.78 is 0. The van der Waals surface area contributed by atoms with Gasteiger partial charge in [0.2, 0.25) is 5.91 Å². The van der Waals surface area contributed by atoms with Crippen LogP contribution in [0, 0.1) is 5.92 Å². The number of amides is 3. The molecule has 1 aliphatic carbocycles. The first kappa shape index (κ1) is 15.9. The summed E-state index contributed by atoms with van der Waals surface area (Å²) in [5.74, 6) is 0.301. The average molecular weight is 270 g/mol. The Labute approximate surface area is 115 Å². The lowest BCUT2D eigenvalue weighted by atomic mass is 10.1. The molecule has 4 N–H and O–H groups in total. The van der Waals surface area contributed by atoms with Gasteiger partial charge < -0.3 is 11.1 Å². The molecule has 6 nitrogen and oxygen atoms in total. The molecule has 1 saturated carbocycles. The summed E-state index contributed by atoms with van der Waals surface area (Å²) in [4.78, 5) is 25.2. The lowest BCUT2D eigenvalue weighted by Gasteiger charge is -2.26. The zero-order valence-corrected chi connectivity index (χ0v) is 12.3. The molecule has 0 radical (unpaired) electrons. The zero-order valence-electron chi connectivity index (χ0n) is 12.3. The number of likely N-dealkylation sites (N-methyl/N-ethyl adjacent to an activating group) is 1. The van der Waals surface area contributed by atoms with Gasteiger partial charge in [-0.2, -0.15) is 0 Å². The van der Waals surface area contributed by atoms with Crippen LogP contribution in [0.2, 0.25) is 0 Å². The molecular weight excluding hydrogens is 244 g/mol. The summed E-state index contributed by atoms with van der Waals surface area (Å²) in [7, 11) is 1.87. The van der Waals surface area contributed by atoms with Gasteiger partial charge in [-0.25, -0.2) is 4.79 Å². The predicted molar refractivity (Wildman–Crippen MR) is 74.6 cm³/mol. The van der Waals surface area contributed by atoms with E-state index in [0.717, 1.165) is 0 Å². The topological polar surface area (TPSA) is 87.5 Å². The Balaban J connectivity index is 2.35. The normalized spacial score (nSPS) is 17.2.